The number of aliphatic imine (C=N–C) groups is 1. The van der Waals surface area contributed by atoms with E-state index in [1.165, 1.54) is 45.2 Å². The van der Waals surface area contributed by atoms with Crippen LogP contribution in [0.2, 0.25) is 0 Å². The zero-order valence-corrected chi connectivity index (χ0v) is 17.3. The first-order valence-electron chi connectivity index (χ1n) is 10.7. The van der Waals surface area contributed by atoms with E-state index in [9.17, 15) is 4.79 Å². The van der Waals surface area contributed by atoms with E-state index in [0.717, 1.165) is 37.0 Å². The van der Waals surface area contributed by atoms with E-state index >= 15 is 0 Å². The second kappa shape index (κ2) is 10.5. The molecule has 1 atom stereocenters. The number of benzene rings is 1. The summed E-state index contributed by atoms with van der Waals surface area (Å²) in [7, 11) is 3.48. The van der Waals surface area contributed by atoms with Crippen LogP contribution in [0.25, 0.3) is 0 Å². The van der Waals surface area contributed by atoms with Gasteiger partial charge < -0.3 is 20.9 Å². The molecular formula is C22H35N5O. The lowest BCUT2D eigenvalue weighted by molar-refractivity contribution is 0.0963. The molecule has 0 spiro atoms. The molecule has 0 bridgehead atoms. The smallest absolute Gasteiger partial charge is 0.251 e. The summed E-state index contributed by atoms with van der Waals surface area (Å²) >= 11 is 0. The minimum absolute atomic E-state index is 0.0457. The van der Waals surface area contributed by atoms with Gasteiger partial charge in [-0.05, 0) is 49.3 Å². The Bertz CT molecular complexity index is 669. The Morgan fingerprint density at radius 2 is 2.07 bits per heavy atom. The highest BCUT2D eigenvalue weighted by atomic mass is 16.1. The Kier molecular flexibility index (Phi) is 7.71. The molecule has 1 unspecified atom stereocenters. The van der Waals surface area contributed by atoms with E-state index in [0.29, 0.717) is 11.6 Å². The number of carbonyl (C=O) groups excluding carboxylic acids is 1. The van der Waals surface area contributed by atoms with Crippen LogP contribution in [0.5, 0.6) is 0 Å². The molecule has 6 nitrogen and oxygen atoms in total. The minimum atomic E-state index is -0.0457. The van der Waals surface area contributed by atoms with Gasteiger partial charge in [0.2, 0.25) is 0 Å². The number of carbonyl (C=O) groups is 1. The molecule has 0 aromatic heterocycles. The average molecular weight is 386 g/mol. The van der Waals surface area contributed by atoms with E-state index in [-0.39, 0.29) is 5.91 Å². The lowest BCUT2D eigenvalue weighted by Crippen LogP contribution is -2.45. The molecule has 6 heteroatoms. The SMILES string of the molecule is CN=C(NCCc1cccc(C(=O)NC)c1)NC1CCN(CC2CCCC2)C1. The molecule has 1 amide bonds. The number of hydrogen-bond donors (Lipinski definition) is 3. The maximum absolute atomic E-state index is 11.8. The summed E-state index contributed by atoms with van der Waals surface area (Å²) in [5, 5.41) is 9.66. The Morgan fingerprint density at radius 1 is 1.25 bits per heavy atom. The van der Waals surface area contributed by atoms with Gasteiger partial charge in [-0.2, -0.15) is 0 Å². The van der Waals surface area contributed by atoms with Crippen molar-refractivity contribution in [3.8, 4) is 0 Å². The summed E-state index contributed by atoms with van der Waals surface area (Å²) in [4.78, 5) is 18.8. The molecule has 1 saturated carbocycles. The van der Waals surface area contributed by atoms with Crippen molar-refractivity contribution in [2.75, 3.05) is 40.3 Å². The summed E-state index contributed by atoms with van der Waals surface area (Å²) in [5.74, 6) is 1.74. The topological polar surface area (TPSA) is 68.8 Å². The maximum atomic E-state index is 11.8. The van der Waals surface area contributed by atoms with Gasteiger partial charge in [0.1, 0.15) is 0 Å². The molecule has 1 heterocycles. The molecule has 1 aromatic carbocycles. The van der Waals surface area contributed by atoms with Gasteiger partial charge >= 0.3 is 0 Å². The van der Waals surface area contributed by atoms with Gasteiger partial charge in [0.05, 0.1) is 0 Å². The Morgan fingerprint density at radius 3 is 2.82 bits per heavy atom. The number of amides is 1. The average Bonchev–Trinajstić information content (AvgIpc) is 3.39. The first-order valence-corrected chi connectivity index (χ1v) is 10.7. The largest absolute Gasteiger partial charge is 0.356 e. The summed E-state index contributed by atoms with van der Waals surface area (Å²) in [6.45, 7) is 4.37. The fraction of sp³-hybridized carbons (Fsp3) is 0.636. The predicted molar refractivity (Wildman–Crippen MR) is 115 cm³/mol. The van der Waals surface area contributed by atoms with Crippen LogP contribution in [-0.4, -0.2) is 63.1 Å². The highest BCUT2D eigenvalue weighted by Crippen LogP contribution is 2.26. The van der Waals surface area contributed by atoms with Crippen LogP contribution < -0.4 is 16.0 Å². The van der Waals surface area contributed by atoms with Gasteiger partial charge in [-0.15, -0.1) is 0 Å². The van der Waals surface area contributed by atoms with E-state index in [1.807, 2.05) is 25.2 Å². The third-order valence-electron chi connectivity index (χ3n) is 5.95. The van der Waals surface area contributed by atoms with Gasteiger partial charge in [-0.1, -0.05) is 25.0 Å². The van der Waals surface area contributed by atoms with E-state index in [1.54, 1.807) is 7.05 Å². The molecule has 28 heavy (non-hydrogen) atoms. The van der Waals surface area contributed by atoms with Crippen LogP contribution in [-0.2, 0) is 6.42 Å². The summed E-state index contributed by atoms with van der Waals surface area (Å²) in [6.07, 6.45) is 7.70. The fourth-order valence-corrected chi connectivity index (χ4v) is 4.40. The number of likely N-dealkylation sites (tertiary alicyclic amines) is 1. The van der Waals surface area contributed by atoms with Gasteiger partial charge in [-0.3, -0.25) is 9.79 Å². The molecule has 1 aliphatic heterocycles. The molecule has 1 saturated heterocycles. The predicted octanol–water partition coefficient (Wildman–Crippen LogP) is 2.02. The van der Waals surface area contributed by atoms with Crippen molar-refractivity contribution in [3.05, 3.63) is 35.4 Å². The number of rotatable bonds is 7. The molecule has 154 valence electrons. The normalized spacial score (nSPS) is 21.1. The molecule has 2 fully saturated rings. The number of hydrogen-bond acceptors (Lipinski definition) is 3. The zero-order chi connectivity index (χ0) is 19.8. The van der Waals surface area contributed by atoms with Crippen molar-refractivity contribution in [1.82, 2.24) is 20.9 Å². The van der Waals surface area contributed by atoms with Crippen molar-refractivity contribution in [2.45, 2.75) is 44.6 Å². The number of nitrogens with zero attached hydrogens (tertiary/aromatic N) is 2. The molecule has 2 aliphatic rings. The van der Waals surface area contributed by atoms with Crippen LogP contribution in [0.1, 0.15) is 48.0 Å². The summed E-state index contributed by atoms with van der Waals surface area (Å²) in [5.41, 5.74) is 1.85. The lowest BCUT2D eigenvalue weighted by atomic mass is 10.1. The number of guanidine groups is 1. The molecule has 3 N–H and O–H groups in total. The second-order valence-corrected chi connectivity index (χ2v) is 8.07. The van der Waals surface area contributed by atoms with Crippen LogP contribution >= 0.6 is 0 Å². The van der Waals surface area contributed by atoms with Gasteiger partial charge in [-0.25, -0.2) is 0 Å². The Balaban J connectivity index is 1.40. The second-order valence-electron chi connectivity index (χ2n) is 8.07. The third kappa shape index (κ3) is 5.96. The van der Waals surface area contributed by atoms with Gasteiger partial charge in [0.25, 0.3) is 5.91 Å². The molecular weight excluding hydrogens is 350 g/mol. The third-order valence-corrected chi connectivity index (χ3v) is 5.95. The number of nitrogens with one attached hydrogen (secondary N) is 3. The zero-order valence-electron chi connectivity index (χ0n) is 17.3. The highest BCUT2D eigenvalue weighted by Gasteiger charge is 2.26. The molecule has 3 rings (SSSR count). The quantitative estimate of drug-likeness (QED) is 0.496. The monoisotopic (exact) mass is 385 g/mol. The highest BCUT2D eigenvalue weighted by molar-refractivity contribution is 5.94. The Hall–Kier alpha value is -2.08. The van der Waals surface area contributed by atoms with Gasteiger partial charge in [0.15, 0.2) is 5.96 Å². The lowest BCUT2D eigenvalue weighted by Gasteiger charge is -2.21. The van der Waals surface area contributed by atoms with Crippen molar-refractivity contribution < 1.29 is 4.79 Å². The first-order chi connectivity index (χ1) is 13.7. The van der Waals surface area contributed by atoms with Crippen LogP contribution in [0, 0.1) is 5.92 Å². The van der Waals surface area contributed by atoms with E-state index in [2.05, 4.69) is 31.9 Å². The molecule has 0 radical (unpaired) electrons. The molecule has 1 aliphatic carbocycles. The van der Waals surface area contributed by atoms with Crippen molar-refractivity contribution in [1.29, 1.82) is 0 Å². The minimum Gasteiger partial charge on any atom is -0.356 e. The van der Waals surface area contributed by atoms with Gasteiger partial charge in [0, 0.05) is 51.9 Å². The molecule has 1 aromatic rings. The van der Waals surface area contributed by atoms with E-state index < -0.39 is 0 Å². The van der Waals surface area contributed by atoms with Crippen molar-refractivity contribution >= 4 is 11.9 Å². The van der Waals surface area contributed by atoms with Crippen molar-refractivity contribution in [2.24, 2.45) is 10.9 Å². The Labute approximate surface area is 169 Å². The standard InChI is InChI=1S/C22H35N5O/c1-23-21(28)19-9-5-8-17(14-19)10-12-25-22(24-2)26-20-11-13-27(16-20)15-18-6-3-4-7-18/h5,8-9,14,18,20H,3-4,6-7,10-13,15-16H2,1-2H3,(H,23,28)(H2,24,25,26). The fourth-order valence-electron chi connectivity index (χ4n) is 4.40. The van der Waals surface area contributed by atoms with Crippen LogP contribution in [0.3, 0.4) is 0 Å². The first kappa shape index (κ1) is 20.6. The van der Waals surface area contributed by atoms with Crippen molar-refractivity contribution in [3.63, 3.8) is 0 Å². The summed E-state index contributed by atoms with van der Waals surface area (Å²) < 4.78 is 0. The maximum Gasteiger partial charge on any atom is 0.251 e. The van der Waals surface area contributed by atoms with E-state index in [4.69, 9.17) is 0 Å². The summed E-state index contributed by atoms with van der Waals surface area (Å²) in [6, 6.07) is 8.26. The van der Waals surface area contributed by atoms with Crippen LogP contribution in [0.4, 0.5) is 0 Å². The van der Waals surface area contributed by atoms with Crippen LogP contribution in [0.15, 0.2) is 29.3 Å².